The lowest BCUT2D eigenvalue weighted by Crippen LogP contribution is -2.07. The van der Waals surface area contributed by atoms with Crippen molar-refractivity contribution in [3.63, 3.8) is 0 Å². The third-order valence-corrected chi connectivity index (χ3v) is 4.20. The third-order valence-electron chi connectivity index (χ3n) is 3.87. The van der Waals surface area contributed by atoms with E-state index in [0.717, 1.165) is 19.4 Å². The maximum absolute atomic E-state index is 12.6. The van der Waals surface area contributed by atoms with E-state index in [4.69, 9.17) is 20.9 Å². The molecule has 0 unspecified atom stereocenters. The van der Waals surface area contributed by atoms with Gasteiger partial charge in [0, 0.05) is 12.1 Å². The number of carbonyl (C=O) groups is 1. The van der Waals surface area contributed by atoms with Crippen LogP contribution in [-0.4, -0.2) is 26.1 Å². The van der Waals surface area contributed by atoms with E-state index in [0.29, 0.717) is 27.7 Å². The Balaban J connectivity index is 1.74. The van der Waals surface area contributed by atoms with Crippen LogP contribution in [0.2, 0.25) is 5.02 Å². The van der Waals surface area contributed by atoms with Crippen LogP contribution in [0, 0.1) is 6.92 Å². The standard InChI is InChI=1S/C18H19ClN4O3/c1-3-4-9-23-10-13(20-22-23)11-25-18(24)16-12(2)26-21-17(16)14-7-5-6-8-15(14)19/h5-8,10H,3-4,9,11H2,1-2H3. The average Bonchev–Trinajstić information content (AvgIpc) is 3.25. The van der Waals surface area contributed by atoms with Gasteiger partial charge in [0.05, 0.1) is 11.2 Å². The van der Waals surface area contributed by atoms with E-state index in [2.05, 4.69) is 22.4 Å². The molecule has 0 radical (unpaired) electrons. The fourth-order valence-electron chi connectivity index (χ4n) is 2.50. The lowest BCUT2D eigenvalue weighted by molar-refractivity contribution is 0.0466. The minimum Gasteiger partial charge on any atom is -0.455 e. The van der Waals surface area contributed by atoms with Gasteiger partial charge in [0.2, 0.25) is 0 Å². The van der Waals surface area contributed by atoms with Crippen molar-refractivity contribution in [1.82, 2.24) is 20.2 Å². The first-order valence-electron chi connectivity index (χ1n) is 8.37. The molecule has 3 aromatic rings. The minimum atomic E-state index is -0.540. The molecule has 0 atom stereocenters. The number of hydrogen-bond acceptors (Lipinski definition) is 6. The van der Waals surface area contributed by atoms with E-state index in [1.807, 2.05) is 6.07 Å². The van der Waals surface area contributed by atoms with Gasteiger partial charge in [-0.15, -0.1) is 5.10 Å². The van der Waals surface area contributed by atoms with Crippen LogP contribution < -0.4 is 0 Å². The fraction of sp³-hybridized carbons (Fsp3) is 0.333. The number of esters is 1. The van der Waals surface area contributed by atoms with Crippen molar-refractivity contribution in [2.45, 2.75) is 39.8 Å². The van der Waals surface area contributed by atoms with Crippen molar-refractivity contribution >= 4 is 17.6 Å². The normalized spacial score (nSPS) is 10.9. The molecule has 0 aliphatic carbocycles. The third kappa shape index (κ3) is 3.94. The van der Waals surface area contributed by atoms with E-state index < -0.39 is 5.97 Å². The van der Waals surface area contributed by atoms with Gasteiger partial charge in [0.1, 0.15) is 29.3 Å². The molecule has 2 heterocycles. The fourth-order valence-corrected chi connectivity index (χ4v) is 2.72. The summed E-state index contributed by atoms with van der Waals surface area (Å²) in [5.41, 5.74) is 1.83. The van der Waals surface area contributed by atoms with E-state index in [1.165, 1.54) is 0 Å². The molecule has 0 saturated heterocycles. The highest BCUT2D eigenvalue weighted by Gasteiger charge is 2.24. The quantitative estimate of drug-likeness (QED) is 0.580. The van der Waals surface area contributed by atoms with Crippen molar-refractivity contribution < 1.29 is 14.1 Å². The van der Waals surface area contributed by atoms with Crippen LogP contribution in [0.4, 0.5) is 0 Å². The number of benzene rings is 1. The second-order valence-corrected chi connectivity index (χ2v) is 6.25. The first-order valence-corrected chi connectivity index (χ1v) is 8.75. The molecule has 3 rings (SSSR count). The Morgan fingerprint density at radius 3 is 2.92 bits per heavy atom. The van der Waals surface area contributed by atoms with Gasteiger partial charge < -0.3 is 9.26 Å². The number of carbonyl (C=O) groups excluding carboxylic acids is 1. The van der Waals surface area contributed by atoms with Crippen LogP contribution >= 0.6 is 11.6 Å². The van der Waals surface area contributed by atoms with E-state index in [-0.39, 0.29) is 12.2 Å². The lowest BCUT2D eigenvalue weighted by Gasteiger charge is -2.05. The summed E-state index contributed by atoms with van der Waals surface area (Å²) in [4.78, 5) is 12.6. The summed E-state index contributed by atoms with van der Waals surface area (Å²) < 4.78 is 12.3. The molecule has 7 nitrogen and oxygen atoms in total. The molecular weight excluding hydrogens is 356 g/mol. The Morgan fingerprint density at radius 2 is 2.15 bits per heavy atom. The second kappa shape index (κ2) is 8.14. The molecule has 0 fully saturated rings. The SMILES string of the molecule is CCCCn1cc(COC(=O)c2c(-c3ccccc3Cl)noc2C)nn1. The second-order valence-electron chi connectivity index (χ2n) is 5.84. The summed E-state index contributed by atoms with van der Waals surface area (Å²) in [6, 6.07) is 7.12. The number of aromatic nitrogens is 4. The van der Waals surface area contributed by atoms with Crippen LogP contribution in [0.3, 0.4) is 0 Å². The number of halogens is 1. The Labute approximate surface area is 155 Å². The van der Waals surface area contributed by atoms with Crippen LogP contribution in [0.25, 0.3) is 11.3 Å². The summed E-state index contributed by atoms with van der Waals surface area (Å²) in [5.74, 6) is -0.168. The maximum Gasteiger partial charge on any atom is 0.344 e. The molecule has 0 aliphatic rings. The van der Waals surface area contributed by atoms with Gasteiger partial charge in [-0.1, -0.05) is 53.5 Å². The van der Waals surface area contributed by atoms with E-state index in [9.17, 15) is 4.79 Å². The molecule has 0 bridgehead atoms. The van der Waals surface area contributed by atoms with E-state index in [1.54, 1.807) is 36.0 Å². The van der Waals surface area contributed by atoms with Crippen molar-refractivity contribution in [1.29, 1.82) is 0 Å². The first-order chi connectivity index (χ1) is 12.6. The summed E-state index contributed by atoms with van der Waals surface area (Å²) in [5, 5.41) is 12.5. The van der Waals surface area contributed by atoms with Crippen molar-refractivity contribution in [3.8, 4) is 11.3 Å². The molecule has 136 valence electrons. The highest BCUT2D eigenvalue weighted by Crippen LogP contribution is 2.31. The molecule has 0 spiro atoms. The van der Waals surface area contributed by atoms with Gasteiger partial charge in [-0.05, 0) is 19.4 Å². The predicted octanol–water partition coefficient (Wildman–Crippen LogP) is 4.05. The van der Waals surface area contributed by atoms with Crippen molar-refractivity contribution in [2.75, 3.05) is 0 Å². The lowest BCUT2D eigenvalue weighted by atomic mass is 10.1. The van der Waals surface area contributed by atoms with Crippen molar-refractivity contribution in [3.05, 3.63) is 52.5 Å². The summed E-state index contributed by atoms with van der Waals surface area (Å²) >= 11 is 6.21. The van der Waals surface area contributed by atoms with Crippen LogP contribution in [-0.2, 0) is 17.9 Å². The molecule has 1 aromatic carbocycles. The molecule has 0 aliphatic heterocycles. The molecule has 8 heteroatoms. The molecule has 2 aromatic heterocycles. The van der Waals surface area contributed by atoms with Crippen molar-refractivity contribution in [2.24, 2.45) is 0 Å². The summed E-state index contributed by atoms with van der Waals surface area (Å²) in [6.45, 7) is 4.58. The molecule has 26 heavy (non-hydrogen) atoms. The number of ether oxygens (including phenoxy) is 1. The molecule has 0 N–H and O–H groups in total. The van der Waals surface area contributed by atoms with Gasteiger partial charge in [-0.2, -0.15) is 0 Å². The Bertz CT molecular complexity index is 903. The zero-order valence-electron chi connectivity index (χ0n) is 14.6. The van der Waals surface area contributed by atoms with E-state index >= 15 is 0 Å². The highest BCUT2D eigenvalue weighted by atomic mass is 35.5. The molecule has 0 amide bonds. The zero-order valence-corrected chi connectivity index (χ0v) is 15.4. The number of aryl methyl sites for hydroxylation is 2. The molecule has 0 saturated carbocycles. The number of unbranched alkanes of at least 4 members (excludes halogenated alkanes) is 1. The monoisotopic (exact) mass is 374 g/mol. The average molecular weight is 375 g/mol. The van der Waals surface area contributed by atoms with Gasteiger partial charge in [-0.3, -0.25) is 4.68 Å². The van der Waals surface area contributed by atoms with Crippen LogP contribution in [0.1, 0.15) is 41.6 Å². The number of nitrogens with zero attached hydrogens (tertiary/aromatic N) is 4. The molecular formula is C18H19ClN4O3. The van der Waals surface area contributed by atoms with Crippen LogP contribution in [0.5, 0.6) is 0 Å². The highest BCUT2D eigenvalue weighted by molar-refractivity contribution is 6.33. The van der Waals surface area contributed by atoms with Crippen LogP contribution in [0.15, 0.2) is 35.0 Å². The Morgan fingerprint density at radius 1 is 1.35 bits per heavy atom. The Hall–Kier alpha value is -2.67. The van der Waals surface area contributed by atoms with Gasteiger partial charge >= 0.3 is 5.97 Å². The number of hydrogen-bond donors (Lipinski definition) is 0. The smallest absolute Gasteiger partial charge is 0.344 e. The first kappa shape index (κ1) is 18.1. The predicted molar refractivity (Wildman–Crippen MR) is 95.7 cm³/mol. The van der Waals surface area contributed by atoms with Gasteiger partial charge in [-0.25, -0.2) is 4.79 Å². The Kier molecular flexibility index (Phi) is 5.68. The minimum absolute atomic E-state index is 0.0253. The zero-order chi connectivity index (χ0) is 18.5. The van der Waals surface area contributed by atoms with Gasteiger partial charge in [0.25, 0.3) is 0 Å². The maximum atomic E-state index is 12.6. The topological polar surface area (TPSA) is 83.0 Å². The summed E-state index contributed by atoms with van der Waals surface area (Å²) in [6.07, 6.45) is 3.86. The summed E-state index contributed by atoms with van der Waals surface area (Å²) in [7, 11) is 0. The number of rotatable bonds is 7. The largest absolute Gasteiger partial charge is 0.455 e. The van der Waals surface area contributed by atoms with Gasteiger partial charge in [0.15, 0.2) is 0 Å².